The van der Waals surface area contributed by atoms with E-state index in [0.29, 0.717) is 0 Å². The number of benzene rings is 1. The van der Waals surface area contributed by atoms with Gasteiger partial charge >= 0.3 is 5.97 Å². The monoisotopic (exact) mass is 297 g/mol. The van der Waals surface area contributed by atoms with E-state index >= 15 is 0 Å². The highest BCUT2D eigenvalue weighted by Gasteiger charge is 2.70. The van der Waals surface area contributed by atoms with E-state index in [9.17, 15) is 14.7 Å². The van der Waals surface area contributed by atoms with Gasteiger partial charge in [0.2, 0.25) is 5.91 Å². The number of carboxylic acids is 1. The normalized spacial score (nSPS) is 33.1. The van der Waals surface area contributed by atoms with Gasteiger partial charge in [0.15, 0.2) is 0 Å². The smallest absolute Gasteiger partial charge is 0.307 e. The summed E-state index contributed by atoms with van der Waals surface area (Å²) in [5, 5.41) is 12.5. The van der Waals surface area contributed by atoms with Crippen molar-refractivity contribution in [2.75, 3.05) is 5.32 Å². The Morgan fingerprint density at radius 2 is 1.68 bits per heavy atom. The molecule has 22 heavy (non-hydrogen) atoms. The highest BCUT2D eigenvalue weighted by atomic mass is 16.4. The predicted molar refractivity (Wildman–Crippen MR) is 82.2 cm³/mol. The number of carboxylic acid groups (broad SMARTS) is 1. The van der Waals surface area contributed by atoms with Gasteiger partial charge in [-0.2, -0.15) is 0 Å². The summed E-state index contributed by atoms with van der Waals surface area (Å²) in [4.78, 5) is 24.4. The first kappa shape index (κ1) is 13.6. The number of carbonyl (C=O) groups excluding carboxylic acids is 1. The second-order valence-electron chi connectivity index (χ2n) is 6.91. The first-order valence-electron chi connectivity index (χ1n) is 7.82. The van der Waals surface area contributed by atoms with Crippen molar-refractivity contribution in [3.05, 3.63) is 42.0 Å². The molecule has 0 aromatic heterocycles. The summed E-state index contributed by atoms with van der Waals surface area (Å²) < 4.78 is 0. The molecule has 2 N–H and O–H groups in total. The van der Waals surface area contributed by atoms with Gasteiger partial charge in [0.1, 0.15) is 0 Å². The molecule has 1 aromatic carbocycles. The van der Waals surface area contributed by atoms with E-state index in [1.807, 2.05) is 37.3 Å². The fourth-order valence-corrected chi connectivity index (χ4v) is 4.55. The van der Waals surface area contributed by atoms with Crippen LogP contribution in [0.2, 0.25) is 0 Å². The number of anilines is 1. The van der Waals surface area contributed by atoms with E-state index in [1.165, 1.54) is 0 Å². The van der Waals surface area contributed by atoms with Crippen LogP contribution in [0.25, 0.3) is 0 Å². The number of amides is 1. The number of aliphatic carboxylic acids is 1. The number of rotatable bonds is 3. The van der Waals surface area contributed by atoms with E-state index in [2.05, 4.69) is 11.4 Å². The molecule has 0 radical (unpaired) electrons. The molecule has 2 saturated carbocycles. The molecule has 0 unspecified atom stereocenters. The molecule has 3 aliphatic rings. The number of aryl methyl sites for hydroxylation is 1. The molecule has 2 bridgehead atoms. The third kappa shape index (κ3) is 1.76. The standard InChI is InChI=1S/C18H19NO3/c1-10-2-4-11(5-3-10)19-16(20)14-12-6-7-13(15(14)17(21)22)18(12)8-9-18/h2-7,12-15H,8-9H2,1H3,(H,19,20)(H,21,22)/t12-,13-,14-,15+/m1/s1. The zero-order chi connectivity index (χ0) is 15.5. The van der Waals surface area contributed by atoms with Crippen molar-refractivity contribution in [3.8, 4) is 0 Å². The average molecular weight is 297 g/mol. The quantitative estimate of drug-likeness (QED) is 0.843. The molecule has 0 saturated heterocycles. The van der Waals surface area contributed by atoms with Gasteiger partial charge in [-0.05, 0) is 49.1 Å². The second-order valence-corrected chi connectivity index (χ2v) is 6.91. The third-order valence-electron chi connectivity index (χ3n) is 5.75. The van der Waals surface area contributed by atoms with Crippen LogP contribution in [0.1, 0.15) is 18.4 Å². The summed E-state index contributed by atoms with van der Waals surface area (Å²) in [6.45, 7) is 1.99. The van der Waals surface area contributed by atoms with Gasteiger partial charge in [-0.15, -0.1) is 0 Å². The Labute approximate surface area is 129 Å². The molecule has 4 rings (SSSR count). The Hall–Kier alpha value is -2.10. The van der Waals surface area contributed by atoms with Gasteiger partial charge < -0.3 is 10.4 Å². The molecule has 2 fully saturated rings. The van der Waals surface area contributed by atoms with Gasteiger partial charge in [0.25, 0.3) is 0 Å². The number of carbonyl (C=O) groups is 2. The Bertz CT molecular complexity index is 672. The van der Waals surface area contributed by atoms with E-state index in [-0.39, 0.29) is 23.2 Å². The van der Waals surface area contributed by atoms with Crippen molar-refractivity contribution in [2.45, 2.75) is 19.8 Å². The highest BCUT2D eigenvalue weighted by molar-refractivity contribution is 5.96. The molecular formula is C18H19NO3. The lowest BCUT2D eigenvalue weighted by molar-refractivity contribution is -0.146. The molecule has 1 amide bonds. The van der Waals surface area contributed by atoms with Crippen LogP contribution in [0, 0.1) is 36.0 Å². The van der Waals surface area contributed by atoms with E-state index in [0.717, 1.165) is 24.1 Å². The molecule has 0 heterocycles. The predicted octanol–water partition coefficient (Wildman–Crippen LogP) is 2.85. The largest absolute Gasteiger partial charge is 0.481 e. The van der Waals surface area contributed by atoms with Crippen molar-refractivity contribution in [2.24, 2.45) is 29.1 Å². The van der Waals surface area contributed by atoms with E-state index in [1.54, 1.807) is 0 Å². The molecule has 4 atom stereocenters. The van der Waals surface area contributed by atoms with Gasteiger partial charge in [0.05, 0.1) is 11.8 Å². The molecule has 114 valence electrons. The summed E-state index contributed by atoms with van der Waals surface area (Å²) >= 11 is 0. The van der Waals surface area contributed by atoms with Crippen molar-refractivity contribution >= 4 is 17.6 Å². The van der Waals surface area contributed by atoms with Gasteiger partial charge in [0, 0.05) is 5.69 Å². The minimum Gasteiger partial charge on any atom is -0.481 e. The maximum absolute atomic E-state index is 12.7. The summed E-state index contributed by atoms with van der Waals surface area (Å²) in [6, 6.07) is 7.60. The Morgan fingerprint density at radius 1 is 1.09 bits per heavy atom. The zero-order valence-corrected chi connectivity index (χ0v) is 12.5. The van der Waals surface area contributed by atoms with Crippen LogP contribution in [0.5, 0.6) is 0 Å². The maximum Gasteiger partial charge on any atom is 0.307 e. The first-order valence-corrected chi connectivity index (χ1v) is 7.82. The number of hydrogen-bond acceptors (Lipinski definition) is 2. The molecule has 1 aromatic rings. The first-order chi connectivity index (χ1) is 10.5. The van der Waals surface area contributed by atoms with Crippen molar-refractivity contribution in [1.82, 2.24) is 0 Å². The zero-order valence-electron chi connectivity index (χ0n) is 12.5. The van der Waals surface area contributed by atoms with Crippen molar-refractivity contribution in [3.63, 3.8) is 0 Å². The van der Waals surface area contributed by atoms with Crippen LogP contribution in [-0.2, 0) is 9.59 Å². The molecule has 4 heteroatoms. The minimum absolute atomic E-state index is 0.0313. The van der Waals surface area contributed by atoms with Crippen LogP contribution in [0.15, 0.2) is 36.4 Å². The van der Waals surface area contributed by atoms with E-state index in [4.69, 9.17) is 0 Å². The Kier molecular flexibility index (Phi) is 2.74. The van der Waals surface area contributed by atoms with Crippen molar-refractivity contribution in [1.29, 1.82) is 0 Å². The Balaban J connectivity index is 1.60. The number of nitrogens with one attached hydrogen (secondary N) is 1. The van der Waals surface area contributed by atoms with Gasteiger partial charge in [-0.3, -0.25) is 9.59 Å². The van der Waals surface area contributed by atoms with Crippen LogP contribution in [0.3, 0.4) is 0 Å². The van der Waals surface area contributed by atoms with Gasteiger partial charge in [-0.25, -0.2) is 0 Å². The van der Waals surface area contributed by atoms with Crippen molar-refractivity contribution < 1.29 is 14.7 Å². The fourth-order valence-electron chi connectivity index (χ4n) is 4.55. The second kappa shape index (κ2) is 4.45. The summed E-state index contributed by atoms with van der Waals surface area (Å²) in [5.74, 6) is -1.90. The molecule has 3 aliphatic carbocycles. The molecular weight excluding hydrogens is 278 g/mol. The summed E-state index contributed by atoms with van der Waals surface area (Å²) in [7, 11) is 0. The van der Waals surface area contributed by atoms with Crippen LogP contribution in [-0.4, -0.2) is 17.0 Å². The summed E-state index contributed by atoms with van der Waals surface area (Å²) in [6.07, 6.45) is 6.21. The topological polar surface area (TPSA) is 66.4 Å². The fraction of sp³-hybridized carbons (Fsp3) is 0.444. The molecule has 4 nitrogen and oxygen atoms in total. The summed E-state index contributed by atoms with van der Waals surface area (Å²) in [5.41, 5.74) is 1.93. The van der Waals surface area contributed by atoms with Crippen LogP contribution >= 0.6 is 0 Å². The molecule has 0 aliphatic heterocycles. The van der Waals surface area contributed by atoms with E-state index < -0.39 is 17.8 Å². The Morgan fingerprint density at radius 3 is 2.23 bits per heavy atom. The lowest BCUT2D eigenvalue weighted by atomic mass is 9.82. The number of hydrogen-bond donors (Lipinski definition) is 2. The number of allylic oxidation sites excluding steroid dienone is 2. The van der Waals surface area contributed by atoms with Gasteiger partial charge in [-0.1, -0.05) is 29.8 Å². The molecule has 1 spiro atoms. The third-order valence-corrected chi connectivity index (χ3v) is 5.75. The van der Waals surface area contributed by atoms with Crippen LogP contribution < -0.4 is 5.32 Å². The lowest BCUT2D eigenvalue weighted by Gasteiger charge is -2.23. The minimum atomic E-state index is -0.841. The maximum atomic E-state index is 12.7. The average Bonchev–Trinajstić information content (AvgIpc) is 3.15. The highest BCUT2D eigenvalue weighted by Crippen LogP contribution is 2.72. The lowest BCUT2D eigenvalue weighted by Crippen LogP contribution is -2.36. The SMILES string of the molecule is Cc1ccc(NC(=O)[C@H]2[C@@H](C(=O)O)[C@H]3C=C[C@H]2C32CC2)cc1. The van der Waals surface area contributed by atoms with Crippen LogP contribution in [0.4, 0.5) is 5.69 Å².